The smallest absolute Gasteiger partial charge is 0.343 e. The minimum Gasteiger partial charge on any atom is -0.465 e. The molecule has 1 heterocycles. The normalized spacial score (nSPS) is 11.6. The molecule has 0 unspecified atom stereocenters. The van der Waals surface area contributed by atoms with Gasteiger partial charge in [-0.2, -0.15) is 0 Å². The minimum atomic E-state index is -0.681. The maximum absolute atomic E-state index is 12.3. The van der Waals surface area contributed by atoms with Crippen molar-refractivity contribution in [1.82, 2.24) is 10.3 Å². The lowest BCUT2D eigenvalue weighted by Gasteiger charge is -2.09. The van der Waals surface area contributed by atoms with Crippen molar-refractivity contribution in [2.24, 2.45) is 0 Å². The van der Waals surface area contributed by atoms with Crippen molar-refractivity contribution in [2.45, 2.75) is 13.8 Å². The molecule has 5 nitrogen and oxygen atoms in total. The number of methoxy groups -OCH3 is 1. The van der Waals surface area contributed by atoms with E-state index in [9.17, 15) is 9.59 Å². The lowest BCUT2D eigenvalue weighted by Crippen LogP contribution is -2.22. The van der Waals surface area contributed by atoms with Gasteiger partial charge in [0, 0.05) is 17.2 Å². The predicted octanol–water partition coefficient (Wildman–Crippen LogP) is 2.00. The van der Waals surface area contributed by atoms with Gasteiger partial charge < -0.3 is 10.1 Å². The molecule has 19 heavy (non-hydrogen) atoms. The minimum absolute atomic E-state index is 0.0424. The molecule has 0 atom stereocenters. The summed E-state index contributed by atoms with van der Waals surface area (Å²) in [5, 5.41) is 2.78. The van der Waals surface area contributed by atoms with E-state index in [0.717, 1.165) is 4.47 Å². The Labute approximate surface area is 120 Å². The molecule has 0 aliphatic carbocycles. The molecule has 0 bridgehead atoms. The molecule has 0 saturated carbocycles. The Bertz CT molecular complexity index is 553. The van der Waals surface area contributed by atoms with Crippen LogP contribution in [0, 0.1) is 6.92 Å². The van der Waals surface area contributed by atoms with E-state index in [1.165, 1.54) is 7.11 Å². The molecule has 0 spiro atoms. The van der Waals surface area contributed by atoms with Gasteiger partial charge in [0.05, 0.1) is 12.8 Å². The topological polar surface area (TPSA) is 68.3 Å². The van der Waals surface area contributed by atoms with E-state index in [-0.39, 0.29) is 11.3 Å². The SMILES string of the molecule is CN/C(C)=C(/C(=O)OC)C(=O)c1ccc(Br)c(C)n1. The van der Waals surface area contributed by atoms with Crippen molar-refractivity contribution in [3.05, 3.63) is 39.3 Å². The first-order valence-corrected chi connectivity index (χ1v) is 6.36. The number of hydrogen-bond acceptors (Lipinski definition) is 5. The van der Waals surface area contributed by atoms with Gasteiger partial charge in [-0.15, -0.1) is 0 Å². The number of nitrogens with zero attached hydrogens (tertiary/aromatic N) is 1. The zero-order valence-corrected chi connectivity index (χ0v) is 12.8. The van der Waals surface area contributed by atoms with Crippen LogP contribution in [0.15, 0.2) is 27.9 Å². The van der Waals surface area contributed by atoms with E-state index in [1.807, 2.05) is 0 Å². The van der Waals surface area contributed by atoms with Gasteiger partial charge in [-0.1, -0.05) is 0 Å². The number of pyridine rings is 1. The summed E-state index contributed by atoms with van der Waals surface area (Å²) < 4.78 is 5.44. The van der Waals surface area contributed by atoms with Crippen LogP contribution in [0.25, 0.3) is 0 Å². The van der Waals surface area contributed by atoms with Gasteiger partial charge >= 0.3 is 5.97 Å². The van der Waals surface area contributed by atoms with Crippen LogP contribution in [0.5, 0.6) is 0 Å². The van der Waals surface area contributed by atoms with Crippen molar-refractivity contribution in [3.8, 4) is 0 Å². The summed E-state index contributed by atoms with van der Waals surface area (Å²) in [5.74, 6) is -1.14. The van der Waals surface area contributed by atoms with Gasteiger partial charge in [-0.05, 0) is 41.9 Å². The second-order valence-corrected chi connectivity index (χ2v) is 4.69. The summed E-state index contributed by atoms with van der Waals surface area (Å²) in [6, 6.07) is 3.28. The van der Waals surface area contributed by atoms with E-state index in [0.29, 0.717) is 11.4 Å². The number of ether oxygens (including phenoxy) is 1. The van der Waals surface area contributed by atoms with E-state index in [2.05, 4.69) is 31.0 Å². The van der Waals surface area contributed by atoms with Gasteiger partial charge in [-0.25, -0.2) is 9.78 Å². The molecule has 0 aliphatic heterocycles. The maximum atomic E-state index is 12.3. The van der Waals surface area contributed by atoms with Crippen molar-refractivity contribution in [3.63, 3.8) is 0 Å². The first kappa shape index (κ1) is 15.4. The highest BCUT2D eigenvalue weighted by Gasteiger charge is 2.24. The van der Waals surface area contributed by atoms with Crippen LogP contribution < -0.4 is 5.32 Å². The fourth-order valence-corrected chi connectivity index (χ4v) is 1.66. The first-order chi connectivity index (χ1) is 8.92. The number of ketones is 1. The highest BCUT2D eigenvalue weighted by molar-refractivity contribution is 9.10. The summed E-state index contributed by atoms with van der Waals surface area (Å²) in [4.78, 5) is 28.2. The predicted molar refractivity (Wildman–Crippen MR) is 74.8 cm³/mol. The van der Waals surface area contributed by atoms with E-state index >= 15 is 0 Å². The molecule has 0 aliphatic rings. The van der Waals surface area contributed by atoms with Crippen LogP contribution in [0.1, 0.15) is 23.1 Å². The number of halogens is 1. The van der Waals surface area contributed by atoms with Crippen molar-refractivity contribution in [1.29, 1.82) is 0 Å². The van der Waals surface area contributed by atoms with Gasteiger partial charge in [0.15, 0.2) is 0 Å². The third kappa shape index (κ3) is 3.41. The highest BCUT2D eigenvalue weighted by atomic mass is 79.9. The summed E-state index contributed by atoms with van der Waals surface area (Å²) in [6.45, 7) is 3.41. The molecule has 0 fully saturated rings. The zero-order chi connectivity index (χ0) is 14.6. The Morgan fingerprint density at radius 1 is 1.37 bits per heavy atom. The van der Waals surface area contributed by atoms with E-state index < -0.39 is 11.8 Å². The Balaban J connectivity index is 3.28. The number of allylic oxidation sites excluding steroid dienone is 1. The number of aryl methyl sites for hydroxylation is 1. The van der Waals surface area contributed by atoms with Crippen LogP contribution in [0.4, 0.5) is 0 Å². The standard InChI is InChI=1S/C13H15BrN2O3/c1-7-9(14)5-6-10(16-7)12(17)11(8(2)15-3)13(18)19-4/h5-6,15H,1-4H3/b11-8+. The average Bonchev–Trinajstić information content (AvgIpc) is 2.41. The number of carbonyl (C=O) groups excluding carboxylic acids is 2. The van der Waals surface area contributed by atoms with Crippen molar-refractivity contribution < 1.29 is 14.3 Å². The molecule has 0 saturated heterocycles. The quantitative estimate of drug-likeness (QED) is 0.301. The summed E-state index contributed by atoms with van der Waals surface area (Å²) in [7, 11) is 2.87. The van der Waals surface area contributed by atoms with Crippen LogP contribution in [-0.2, 0) is 9.53 Å². The maximum Gasteiger partial charge on any atom is 0.343 e. The molecule has 102 valence electrons. The largest absolute Gasteiger partial charge is 0.465 e. The summed E-state index contributed by atoms with van der Waals surface area (Å²) in [5.41, 5.74) is 1.28. The molecule has 1 aromatic heterocycles. The highest BCUT2D eigenvalue weighted by Crippen LogP contribution is 2.17. The summed E-state index contributed by atoms with van der Waals surface area (Å²) >= 11 is 3.31. The Hall–Kier alpha value is -1.69. The van der Waals surface area contributed by atoms with Gasteiger partial charge in [0.1, 0.15) is 11.3 Å². The lowest BCUT2D eigenvalue weighted by molar-refractivity contribution is -0.135. The molecule has 0 radical (unpaired) electrons. The Kier molecular flexibility index (Phi) is 5.23. The van der Waals surface area contributed by atoms with Gasteiger partial charge in [0.2, 0.25) is 5.78 Å². The van der Waals surface area contributed by atoms with Gasteiger partial charge in [-0.3, -0.25) is 4.79 Å². The van der Waals surface area contributed by atoms with E-state index in [4.69, 9.17) is 0 Å². The molecule has 6 heteroatoms. The van der Waals surface area contributed by atoms with Crippen molar-refractivity contribution in [2.75, 3.05) is 14.2 Å². The fraction of sp³-hybridized carbons (Fsp3) is 0.308. The number of Topliss-reactive ketones (excluding diaryl/α,β-unsaturated/α-hetero) is 1. The van der Waals surface area contributed by atoms with Crippen LogP contribution in [0.2, 0.25) is 0 Å². The fourth-order valence-electron chi connectivity index (χ4n) is 1.44. The Morgan fingerprint density at radius 3 is 2.47 bits per heavy atom. The number of rotatable bonds is 4. The number of nitrogens with one attached hydrogen (secondary N) is 1. The number of hydrogen-bond donors (Lipinski definition) is 1. The molecule has 1 rings (SSSR count). The molecule has 0 aromatic carbocycles. The molecular weight excluding hydrogens is 312 g/mol. The number of carbonyl (C=O) groups is 2. The molecular formula is C13H15BrN2O3. The lowest BCUT2D eigenvalue weighted by atomic mass is 10.1. The zero-order valence-electron chi connectivity index (χ0n) is 11.2. The number of esters is 1. The second kappa shape index (κ2) is 6.47. The molecule has 1 aromatic rings. The number of aromatic nitrogens is 1. The third-order valence-electron chi connectivity index (χ3n) is 2.62. The monoisotopic (exact) mass is 326 g/mol. The van der Waals surface area contributed by atoms with Crippen LogP contribution >= 0.6 is 15.9 Å². The van der Waals surface area contributed by atoms with Crippen molar-refractivity contribution >= 4 is 27.7 Å². The van der Waals surface area contributed by atoms with E-state index in [1.54, 1.807) is 33.0 Å². The van der Waals surface area contributed by atoms with Crippen LogP contribution in [0.3, 0.4) is 0 Å². The Morgan fingerprint density at radius 2 is 2.00 bits per heavy atom. The third-order valence-corrected chi connectivity index (χ3v) is 3.46. The molecule has 0 amide bonds. The molecule has 1 N–H and O–H groups in total. The average molecular weight is 327 g/mol. The summed E-state index contributed by atoms with van der Waals surface area (Å²) in [6.07, 6.45) is 0. The van der Waals surface area contributed by atoms with Crippen LogP contribution in [-0.4, -0.2) is 30.9 Å². The van der Waals surface area contributed by atoms with Gasteiger partial charge in [0.25, 0.3) is 0 Å². The first-order valence-electron chi connectivity index (χ1n) is 5.57. The second-order valence-electron chi connectivity index (χ2n) is 3.83.